The van der Waals surface area contributed by atoms with Crippen LogP contribution in [0.1, 0.15) is 17.8 Å². The largest absolute Gasteiger partial charge is 0.473 e. The Kier molecular flexibility index (Phi) is 3.99. The Labute approximate surface area is 141 Å². The summed E-state index contributed by atoms with van der Waals surface area (Å²) in [5, 5.41) is 0. The van der Waals surface area contributed by atoms with Crippen LogP contribution in [-0.4, -0.2) is 44.6 Å². The number of hydrogen-bond donors (Lipinski definition) is 0. The zero-order chi connectivity index (χ0) is 15.7. The molecule has 2 aromatic rings. The van der Waals surface area contributed by atoms with Gasteiger partial charge in [0.05, 0.1) is 5.69 Å². The first-order valence-electron chi connectivity index (χ1n) is 8.07. The third kappa shape index (κ3) is 3.35. The molecule has 0 radical (unpaired) electrons. The van der Waals surface area contributed by atoms with E-state index in [1.54, 1.807) is 6.20 Å². The van der Waals surface area contributed by atoms with Gasteiger partial charge in [0.1, 0.15) is 6.10 Å². The molecule has 4 nitrogen and oxygen atoms in total. The summed E-state index contributed by atoms with van der Waals surface area (Å²) < 4.78 is 6.39. The molecule has 0 aliphatic carbocycles. The second kappa shape index (κ2) is 6.13. The summed E-state index contributed by atoms with van der Waals surface area (Å²) in [7, 11) is 0. The molecule has 1 spiro atoms. The number of thioether (sulfide) groups is 1. The molecule has 5 heteroatoms. The fraction of sp³-hybridized carbons (Fsp3) is 0.444. The maximum Gasteiger partial charge on any atom is 0.213 e. The van der Waals surface area contributed by atoms with E-state index in [1.165, 1.54) is 5.69 Å². The molecule has 0 amide bonds. The maximum atomic E-state index is 6.01. The number of aromatic nitrogens is 2. The van der Waals surface area contributed by atoms with Crippen LogP contribution in [0.3, 0.4) is 0 Å². The van der Waals surface area contributed by atoms with Gasteiger partial charge in [-0.25, -0.2) is 4.98 Å². The van der Waals surface area contributed by atoms with Crippen LogP contribution in [0.4, 0.5) is 0 Å². The molecule has 2 aromatic heterocycles. The number of aryl methyl sites for hydroxylation is 1. The summed E-state index contributed by atoms with van der Waals surface area (Å²) in [5.41, 5.74) is 2.26. The lowest BCUT2D eigenvalue weighted by atomic mass is 9.93. The molecule has 2 fully saturated rings. The maximum absolute atomic E-state index is 6.01. The van der Waals surface area contributed by atoms with Gasteiger partial charge in [-0.3, -0.25) is 9.88 Å². The highest BCUT2D eigenvalue weighted by molar-refractivity contribution is 8.01. The van der Waals surface area contributed by atoms with E-state index >= 15 is 0 Å². The summed E-state index contributed by atoms with van der Waals surface area (Å²) in [4.78, 5) is 11.3. The Morgan fingerprint density at radius 3 is 2.96 bits per heavy atom. The number of nitrogens with zero attached hydrogens (tertiary/aromatic N) is 3. The van der Waals surface area contributed by atoms with Crippen molar-refractivity contribution < 1.29 is 4.74 Å². The molecule has 120 valence electrons. The van der Waals surface area contributed by atoms with Gasteiger partial charge in [0.15, 0.2) is 0 Å². The quantitative estimate of drug-likeness (QED) is 0.863. The van der Waals surface area contributed by atoms with Crippen LogP contribution in [0.25, 0.3) is 0 Å². The van der Waals surface area contributed by atoms with E-state index in [0.29, 0.717) is 4.75 Å². The Hall–Kier alpha value is -1.59. The molecule has 0 bridgehead atoms. The molecule has 4 rings (SSSR count). The van der Waals surface area contributed by atoms with Gasteiger partial charge in [0.25, 0.3) is 0 Å². The van der Waals surface area contributed by atoms with Gasteiger partial charge in [-0.05, 0) is 25.1 Å². The first-order valence-corrected chi connectivity index (χ1v) is 9.06. The highest BCUT2D eigenvalue weighted by Crippen LogP contribution is 2.46. The van der Waals surface area contributed by atoms with E-state index in [9.17, 15) is 0 Å². The van der Waals surface area contributed by atoms with Gasteiger partial charge in [0.2, 0.25) is 5.88 Å². The molecule has 1 atom stereocenters. The van der Waals surface area contributed by atoms with Crippen molar-refractivity contribution >= 4 is 11.8 Å². The third-order valence-electron chi connectivity index (χ3n) is 4.46. The number of pyridine rings is 2. The topological polar surface area (TPSA) is 38.2 Å². The average Bonchev–Trinajstić information content (AvgIpc) is 2.92. The van der Waals surface area contributed by atoms with Gasteiger partial charge in [-0.2, -0.15) is 0 Å². The van der Waals surface area contributed by atoms with Gasteiger partial charge in [-0.15, -0.1) is 11.8 Å². The summed E-state index contributed by atoms with van der Waals surface area (Å²) in [5.74, 6) is 1.81. The molecular formula is C18H21N3OS. The average molecular weight is 327 g/mol. The van der Waals surface area contributed by atoms with Crippen molar-refractivity contribution in [3.05, 3.63) is 54.0 Å². The molecule has 23 heavy (non-hydrogen) atoms. The lowest BCUT2D eigenvalue weighted by molar-refractivity contribution is 0.0897. The highest BCUT2D eigenvalue weighted by atomic mass is 32.2. The van der Waals surface area contributed by atoms with Crippen molar-refractivity contribution in [3.63, 3.8) is 0 Å². The second-order valence-corrected chi connectivity index (χ2v) is 8.01. The molecule has 2 aliphatic rings. The zero-order valence-electron chi connectivity index (χ0n) is 13.3. The first kappa shape index (κ1) is 15.0. The molecule has 0 N–H and O–H groups in total. The number of likely N-dealkylation sites (tertiary alicyclic amines) is 1. The van der Waals surface area contributed by atoms with Crippen LogP contribution >= 0.6 is 11.8 Å². The molecule has 2 saturated heterocycles. The summed E-state index contributed by atoms with van der Waals surface area (Å²) in [6.45, 7) is 5.27. The van der Waals surface area contributed by atoms with Gasteiger partial charge in [0, 0.05) is 54.5 Å². The summed E-state index contributed by atoms with van der Waals surface area (Å²) >= 11 is 2.06. The van der Waals surface area contributed by atoms with Crippen molar-refractivity contribution in [2.24, 2.45) is 0 Å². The van der Waals surface area contributed by atoms with E-state index in [4.69, 9.17) is 4.74 Å². The normalized spacial score (nSPS) is 22.9. The smallest absolute Gasteiger partial charge is 0.213 e. The Morgan fingerprint density at radius 2 is 2.17 bits per heavy atom. The van der Waals surface area contributed by atoms with Crippen LogP contribution in [0.15, 0.2) is 42.6 Å². The van der Waals surface area contributed by atoms with Crippen molar-refractivity contribution in [1.82, 2.24) is 14.9 Å². The minimum atomic E-state index is 0.286. The van der Waals surface area contributed by atoms with Crippen LogP contribution < -0.4 is 4.74 Å². The van der Waals surface area contributed by atoms with Crippen molar-refractivity contribution in [3.8, 4) is 5.88 Å². The summed E-state index contributed by atoms with van der Waals surface area (Å²) in [6.07, 6.45) is 3.19. The molecule has 4 heterocycles. The minimum Gasteiger partial charge on any atom is -0.473 e. The van der Waals surface area contributed by atoms with E-state index in [-0.39, 0.29) is 6.10 Å². The molecular weight excluding hydrogens is 306 g/mol. The monoisotopic (exact) mass is 327 g/mol. The lowest BCUT2D eigenvalue weighted by Crippen LogP contribution is -2.58. The number of hydrogen-bond acceptors (Lipinski definition) is 5. The van der Waals surface area contributed by atoms with E-state index < -0.39 is 0 Å². The Bertz CT molecular complexity index is 673. The van der Waals surface area contributed by atoms with Crippen LogP contribution in [0, 0.1) is 6.92 Å². The van der Waals surface area contributed by atoms with Gasteiger partial charge >= 0.3 is 0 Å². The van der Waals surface area contributed by atoms with Crippen molar-refractivity contribution in [2.45, 2.75) is 30.7 Å². The van der Waals surface area contributed by atoms with Crippen LogP contribution in [0.5, 0.6) is 5.88 Å². The fourth-order valence-corrected chi connectivity index (χ4v) is 5.06. The highest BCUT2D eigenvalue weighted by Gasteiger charge is 2.49. The standard InChI is InChI=1S/C18H21N3OS/c1-14-5-4-6-15(20-14)10-21-12-18(13-21)9-16(11-23-18)22-17-7-2-3-8-19-17/h2-8,16H,9-13H2,1H3. The molecule has 0 aromatic carbocycles. The van der Waals surface area contributed by atoms with Crippen molar-refractivity contribution in [2.75, 3.05) is 18.8 Å². The third-order valence-corrected chi connectivity index (χ3v) is 6.03. The number of ether oxygens (including phenoxy) is 1. The predicted octanol–water partition coefficient (Wildman–Crippen LogP) is 2.92. The SMILES string of the molecule is Cc1cccc(CN2CC3(CC(Oc4ccccn4)CS3)C2)n1. The lowest BCUT2D eigenvalue weighted by Gasteiger charge is -2.47. The predicted molar refractivity (Wildman–Crippen MR) is 92.7 cm³/mol. The molecule has 1 unspecified atom stereocenters. The fourth-order valence-electron chi connectivity index (χ4n) is 3.48. The zero-order valence-corrected chi connectivity index (χ0v) is 14.1. The second-order valence-electron chi connectivity index (χ2n) is 6.52. The molecule has 2 aliphatic heterocycles. The van der Waals surface area contributed by atoms with E-state index in [0.717, 1.165) is 43.4 Å². The molecule has 0 saturated carbocycles. The van der Waals surface area contributed by atoms with Gasteiger partial charge in [-0.1, -0.05) is 12.1 Å². The van der Waals surface area contributed by atoms with E-state index in [2.05, 4.69) is 38.8 Å². The van der Waals surface area contributed by atoms with E-state index in [1.807, 2.05) is 31.2 Å². The Balaban J connectivity index is 1.29. The van der Waals surface area contributed by atoms with Crippen LogP contribution in [-0.2, 0) is 6.54 Å². The minimum absolute atomic E-state index is 0.286. The van der Waals surface area contributed by atoms with Gasteiger partial charge < -0.3 is 4.74 Å². The first-order chi connectivity index (χ1) is 11.2. The van der Waals surface area contributed by atoms with Crippen LogP contribution in [0.2, 0.25) is 0 Å². The summed E-state index contributed by atoms with van der Waals surface area (Å²) in [6, 6.07) is 12.1. The number of rotatable bonds is 4. The Morgan fingerprint density at radius 1 is 1.26 bits per heavy atom. The van der Waals surface area contributed by atoms with Crippen molar-refractivity contribution in [1.29, 1.82) is 0 Å².